The first kappa shape index (κ1) is 15.6. The van der Waals surface area contributed by atoms with Gasteiger partial charge in [-0.2, -0.15) is 0 Å². The minimum absolute atomic E-state index is 0.401. The number of benzene rings is 2. The fourth-order valence-corrected chi connectivity index (χ4v) is 1.96. The number of carbonyl (C=O) groups excluding carboxylic acids is 1. The number of methoxy groups -OCH3 is 1. The minimum atomic E-state index is -0.446. The number of rotatable bonds is 6. The highest BCUT2D eigenvalue weighted by Gasteiger charge is 2.08. The predicted molar refractivity (Wildman–Crippen MR) is 88.0 cm³/mol. The first-order chi connectivity index (χ1) is 10.7. The molecule has 0 saturated heterocycles. The highest BCUT2D eigenvalue weighted by atomic mass is 16.6. The summed E-state index contributed by atoms with van der Waals surface area (Å²) < 4.78 is 10.6. The van der Waals surface area contributed by atoms with Crippen LogP contribution in [0.5, 0.6) is 11.5 Å². The summed E-state index contributed by atoms with van der Waals surface area (Å²) in [4.78, 5) is 11.9. The third-order valence-corrected chi connectivity index (χ3v) is 3.03. The number of esters is 1. The zero-order valence-corrected chi connectivity index (χ0v) is 12.5. The molecule has 0 aromatic heterocycles. The molecule has 3 nitrogen and oxygen atoms in total. The van der Waals surface area contributed by atoms with Crippen LogP contribution in [-0.4, -0.2) is 13.1 Å². The molecule has 0 heterocycles. The Balaban J connectivity index is 2.08. The van der Waals surface area contributed by atoms with Gasteiger partial charge in [0.2, 0.25) is 0 Å². The molecule has 2 rings (SSSR count). The number of ether oxygens (including phenoxy) is 2. The quantitative estimate of drug-likeness (QED) is 0.349. The third kappa shape index (κ3) is 4.35. The van der Waals surface area contributed by atoms with Gasteiger partial charge in [0.05, 0.1) is 7.11 Å². The summed E-state index contributed by atoms with van der Waals surface area (Å²) in [5, 5.41) is 0. The molecule has 22 heavy (non-hydrogen) atoms. The van der Waals surface area contributed by atoms with Gasteiger partial charge in [0.15, 0.2) is 11.5 Å². The van der Waals surface area contributed by atoms with Crippen molar-refractivity contribution in [3.63, 3.8) is 0 Å². The average Bonchev–Trinajstić information content (AvgIpc) is 2.55. The Morgan fingerprint density at radius 1 is 1.14 bits per heavy atom. The molecule has 0 aliphatic rings. The lowest BCUT2D eigenvalue weighted by Gasteiger charge is -2.09. The molecule has 2 aromatic carbocycles. The molecule has 2 aromatic rings. The minimum Gasteiger partial charge on any atom is -0.493 e. The van der Waals surface area contributed by atoms with E-state index in [2.05, 4.69) is 6.58 Å². The Bertz CT molecular complexity index is 672. The molecule has 0 unspecified atom stereocenters. The van der Waals surface area contributed by atoms with Crippen molar-refractivity contribution in [2.45, 2.75) is 6.42 Å². The van der Waals surface area contributed by atoms with Gasteiger partial charge in [-0.3, -0.25) is 0 Å². The Hall–Kier alpha value is -2.81. The van der Waals surface area contributed by atoms with Gasteiger partial charge in [-0.05, 0) is 35.8 Å². The van der Waals surface area contributed by atoms with E-state index in [1.807, 2.05) is 48.5 Å². The molecule has 3 heteroatoms. The lowest BCUT2D eigenvalue weighted by atomic mass is 10.1. The summed E-state index contributed by atoms with van der Waals surface area (Å²) in [6, 6.07) is 15.0. The van der Waals surface area contributed by atoms with Crippen molar-refractivity contribution in [2.24, 2.45) is 0 Å². The first-order valence-corrected chi connectivity index (χ1v) is 6.95. The Labute approximate surface area is 130 Å². The Morgan fingerprint density at radius 2 is 1.91 bits per heavy atom. The van der Waals surface area contributed by atoms with Crippen LogP contribution in [0.2, 0.25) is 0 Å². The van der Waals surface area contributed by atoms with Gasteiger partial charge >= 0.3 is 5.97 Å². The van der Waals surface area contributed by atoms with Crippen molar-refractivity contribution in [1.82, 2.24) is 0 Å². The van der Waals surface area contributed by atoms with Gasteiger partial charge in [-0.15, -0.1) is 6.58 Å². The van der Waals surface area contributed by atoms with E-state index < -0.39 is 5.97 Å². The van der Waals surface area contributed by atoms with Crippen LogP contribution in [-0.2, 0) is 11.2 Å². The van der Waals surface area contributed by atoms with Crippen molar-refractivity contribution in [3.05, 3.63) is 78.4 Å². The zero-order chi connectivity index (χ0) is 15.8. The maximum absolute atomic E-state index is 11.9. The van der Waals surface area contributed by atoms with Gasteiger partial charge in [0.1, 0.15) is 0 Å². The van der Waals surface area contributed by atoms with Crippen molar-refractivity contribution < 1.29 is 14.3 Å². The fraction of sp³-hybridized carbons (Fsp3) is 0.105. The fourth-order valence-electron chi connectivity index (χ4n) is 1.96. The van der Waals surface area contributed by atoms with Gasteiger partial charge in [-0.1, -0.05) is 42.5 Å². The third-order valence-electron chi connectivity index (χ3n) is 3.03. The molecule has 0 saturated carbocycles. The average molecular weight is 294 g/mol. The lowest BCUT2D eigenvalue weighted by Crippen LogP contribution is -2.05. The zero-order valence-electron chi connectivity index (χ0n) is 12.5. The first-order valence-electron chi connectivity index (χ1n) is 6.95. The van der Waals surface area contributed by atoms with Gasteiger partial charge in [-0.25, -0.2) is 4.79 Å². The highest BCUT2D eigenvalue weighted by molar-refractivity contribution is 5.89. The largest absolute Gasteiger partial charge is 0.493 e. The second-order valence-corrected chi connectivity index (χ2v) is 4.64. The van der Waals surface area contributed by atoms with E-state index in [0.717, 1.165) is 17.5 Å². The lowest BCUT2D eigenvalue weighted by molar-refractivity contribution is -0.129. The van der Waals surface area contributed by atoms with Crippen molar-refractivity contribution in [3.8, 4) is 11.5 Å². The maximum atomic E-state index is 11.9. The smallest absolute Gasteiger partial charge is 0.336 e. The summed E-state index contributed by atoms with van der Waals surface area (Å²) in [6.07, 6.45) is 5.65. The summed E-state index contributed by atoms with van der Waals surface area (Å²) in [6.45, 7) is 3.70. The van der Waals surface area contributed by atoms with Crippen molar-refractivity contribution >= 4 is 12.0 Å². The van der Waals surface area contributed by atoms with Crippen LogP contribution in [0.4, 0.5) is 0 Å². The van der Waals surface area contributed by atoms with E-state index in [1.165, 1.54) is 6.08 Å². The number of hydrogen-bond donors (Lipinski definition) is 0. The van der Waals surface area contributed by atoms with Crippen LogP contribution < -0.4 is 9.47 Å². The van der Waals surface area contributed by atoms with Gasteiger partial charge < -0.3 is 9.47 Å². The molecular weight excluding hydrogens is 276 g/mol. The maximum Gasteiger partial charge on any atom is 0.336 e. The van der Waals surface area contributed by atoms with E-state index in [4.69, 9.17) is 9.47 Å². The van der Waals surface area contributed by atoms with Crippen LogP contribution in [0, 0.1) is 0 Å². The topological polar surface area (TPSA) is 35.5 Å². The molecule has 0 aliphatic heterocycles. The molecule has 0 spiro atoms. The SMILES string of the molecule is C=CCc1ccc(OC(=O)/C=C\c2ccccc2)c(OC)c1. The molecule has 112 valence electrons. The van der Waals surface area contributed by atoms with Gasteiger partial charge in [0, 0.05) is 6.08 Å². The second-order valence-electron chi connectivity index (χ2n) is 4.64. The molecule has 0 N–H and O–H groups in total. The Kier molecular flexibility index (Phi) is 5.55. The van der Waals surface area contributed by atoms with Gasteiger partial charge in [0.25, 0.3) is 0 Å². The summed E-state index contributed by atoms with van der Waals surface area (Å²) in [5.41, 5.74) is 1.99. The van der Waals surface area contributed by atoms with Crippen LogP contribution in [0.1, 0.15) is 11.1 Å². The van der Waals surface area contributed by atoms with E-state index in [1.54, 1.807) is 19.3 Å². The van der Waals surface area contributed by atoms with E-state index in [0.29, 0.717) is 11.5 Å². The molecular formula is C19H18O3. The normalized spacial score (nSPS) is 10.4. The van der Waals surface area contributed by atoms with E-state index >= 15 is 0 Å². The van der Waals surface area contributed by atoms with Crippen LogP contribution >= 0.6 is 0 Å². The van der Waals surface area contributed by atoms with Crippen LogP contribution in [0.3, 0.4) is 0 Å². The van der Waals surface area contributed by atoms with Crippen LogP contribution in [0.25, 0.3) is 6.08 Å². The number of carbonyl (C=O) groups is 1. The van der Waals surface area contributed by atoms with E-state index in [9.17, 15) is 4.79 Å². The molecule has 0 fully saturated rings. The summed E-state index contributed by atoms with van der Waals surface area (Å²) >= 11 is 0. The standard InChI is InChI=1S/C19H18O3/c1-3-7-16-10-12-17(18(14-16)21-2)22-19(20)13-11-15-8-5-4-6-9-15/h3-6,8-14H,1,7H2,2H3/b13-11-. The molecule has 0 radical (unpaired) electrons. The summed E-state index contributed by atoms with van der Waals surface area (Å²) in [5.74, 6) is 0.484. The molecule has 0 bridgehead atoms. The Morgan fingerprint density at radius 3 is 2.59 bits per heavy atom. The molecule has 0 aliphatic carbocycles. The monoisotopic (exact) mass is 294 g/mol. The van der Waals surface area contributed by atoms with E-state index in [-0.39, 0.29) is 0 Å². The molecule has 0 amide bonds. The van der Waals surface area contributed by atoms with Crippen LogP contribution in [0.15, 0.2) is 67.3 Å². The highest BCUT2D eigenvalue weighted by Crippen LogP contribution is 2.28. The number of hydrogen-bond acceptors (Lipinski definition) is 3. The second kappa shape index (κ2) is 7.84. The van der Waals surface area contributed by atoms with Crippen molar-refractivity contribution in [1.29, 1.82) is 0 Å². The molecule has 0 atom stereocenters. The predicted octanol–water partition coefficient (Wildman–Crippen LogP) is 4.04. The van der Waals surface area contributed by atoms with Crippen molar-refractivity contribution in [2.75, 3.05) is 7.11 Å². The summed E-state index contributed by atoms with van der Waals surface area (Å²) in [7, 11) is 1.55. The number of allylic oxidation sites excluding steroid dienone is 1.